The van der Waals surface area contributed by atoms with Crippen molar-refractivity contribution in [2.75, 3.05) is 0 Å². The monoisotopic (exact) mass is 608 g/mol. The standard InChI is InChI=1S/C40H49FN2O2/c1-7-15-27(6)38-36(40(9-3,39(45)43-38)21-14-17-26(4)5)34-24-29(19-12-13-22-42)35(37(41)32(34)16-8-2)33-25-30(44)23-28-18-10-11-20-31(28)33/h10-11,18,20,23-26,44H,6-9,12-17,19,21H2,1-5H3,(H,43,45). The number of hydrogen-bond acceptors (Lipinski definition) is 3. The second kappa shape index (κ2) is 14.9. The maximum Gasteiger partial charge on any atom is 0.235 e. The molecule has 45 heavy (non-hydrogen) atoms. The Morgan fingerprint density at radius 1 is 1.07 bits per heavy atom. The van der Waals surface area contributed by atoms with Gasteiger partial charge in [-0.1, -0.05) is 97.2 Å². The molecule has 1 heterocycles. The molecule has 0 aromatic heterocycles. The minimum Gasteiger partial charge on any atom is -0.508 e. The topological polar surface area (TPSA) is 73.1 Å². The number of halogens is 1. The largest absolute Gasteiger partial charge is 0.508 e. The van der Waals surface area contributed by atoms with Crippen LogP contribution >= 0.6 is 0 Å². The first-order chi connectivity index (χ1) is 21.6. The number of amides is 1. The van der Waals surface area contributed by atoms with E-state index in [4.69, 9.17) is 0 Å². The molecular weight excluding hydrogens is 559 g/mol. The highest BCUT2D eigenvalue weighted by atomic mass is 19.1. The lowest BCUT2D eigenvalue weighted by atomic mass is 9.69. The molecule has 4 rings (SSSR count). The third kappa shape index (κ3) is 6.86. The average Bonchev–Trinajstić information content (AvgIpc) is 3.30. The third-order valence-corrected chi connectivity index (χ3v) is 9.36. The van der Waals surface area contributed by atoms with Crippen molar-refractivity contribution in [2.24, 2.45) is 11.3 Å². The molecule has 238 valence electrons. The number of nitrogens with one attached hydrogen (secondary N) is 1. The van der Waals surface area contributed by atoms with Gasteiger partial charge >= 0.3 is 0 Å². The van der Waals surface area contributed by atoms with E-state index in [0.717, 1.165) is 70.8 Å². The van der Waals surface area contributed by atoms with Crippen LogP contribution in [0.5, 0.6) is 5.75 Å². The summed E-state index contributed by atoms with van der Waals surface area (Å²) in [6.45, 7) is 15.0. The van der Waals surface area contributed by atoms with Crippen molar-refractivity contribution < 1.29 is 14.3 Å². The molecule has 0 bridgehead atoms. The zero-order valence-electron chi connectivity index (χ0n) is 27.8. The number of aryl methyl sites for hydroxylation is 1. The van der Waals surface area contributed by atoms with Crippen LogP contribution in [-0.4, -0.2) is 11.0 Å². The fourth-order valence-corrected chi connectivity index (χ4v) is 7.11. The van der Waals surface area contributed by atoms with Gasteiger partial charge in [-0.2, -0.15) is 5.26 Å². The van der Waals surface area contributed by atoms with Crippen molar-refractivity contribution in [3.63, 3.8) is 0 Å². The van der Waals surface area contributed by atoms with Gasteiger partial charge in [0.15, 0.2) is 0 Å². The van der Waals surface area contributed by atoms with E-state index in [2.05, 4.69) is 51.7 Å². The molecule has 0 radical (unpaired) electrons. The smallest absolute Gasteiger partial charge is 0.235 e. The maximum atomic E-state index is 17.5. The molecule has 0 saturated carbocycles. The molecule has 5 heteroatoms. The van der Waals surface area contributed by atoms with Crippen LogP contribution in [0.2, 0.25) is 0 Å². The lowest BCUT2D eigenvalue weighted by Gasteiger charge is -2.31. The second-order valence-corrected chi connectivity index (χ2v) is 13.0. The van der Waals surface area contributed by atoms with E-state index in [1.807, 2.05) is 31.2 Å². The van der Waals surface area contributed by atoms with Gasteiger partial charge in [-0.15, -0.1) is 0 Å². The highest BCUT2D eigenvalue weighted by molar-refractivity contribution is 6.06. The van der Waals surface area contributed by atoms with Gasteiger partial charge in [-0.05, 0) is 101 Å². The Labute approximate surface area is 269 Å². The van der Waals surface area contributed by atoms with E-state index in [1.165, 1.54) is 0 Å². The molecule has 0 saturated heterocycles. The second-order valence-electron chi connectivity index (χ2n) is 13.0. The van der Waals surface area contributed by atoms with Crippen LogP contribution in [0.3, 0.4) is 0 Å². The van der Waals surface area contributed by atoms with E-state index < -0.39 is 5.41 Å². The number of phenols is 1. The number of nitrogens with zero attached hydrogens (tertiary/aromatic N) is 1. The van der Waals surface area contributed by atoms with Crippen molar-refractivity contribution in [1.29, 1.82) is 5.26 Å². The fourth-order valence-electron chi connectivity index (χ4n) is 7.11. The molecular formula is C40H49FN2O2. The SMILES string of the molecule is C=C(CCC)C1=C(c2cc(CCCC#N)c(-c3cc(O)cc4ccccc34)c(F)c2CCC)C(CC)(CCCC(C)C)C(=O)N1. The average molecular weight is 609 g/mol. The van der Waals surface area contributed by atoms with E-state index in [9.17, 15) is 15.2 Å². The number of phenolic OH excluding ortho intramolecular Hbond substituents is 1. The molecule has 1 unspecified atom stereocenters. The molecule has 3 aromatic carbocycles. The summed E-state index contributed by atoms with van der Waals surface area (Å²) in [6, 6.07) is 15.4. The van der Waals surface area contributed by atoms with Gasteiger partial charge in [0.05, 0.1) is 11.5 Å². The van der Waals surface area contributed by atoms with Crippen molar-refractivity contribution >= 4 is 22.3 Å². The van der Waals surface area contributed by atoms with Gasteiger partial charge in [-0.3, -0.25) is 4.79 Å². The number of benzene rings is 3. The molecule has 0 aliphatic carbocycles. The van der Waals surface area contributed by atoms with E-state index in [-0.39, 0.29) is 17.5 Å². The predicted octanol–water partition coefficient (Wildman–Crippen LogP) is 10.6. The number of nitriles is 1. The van der Waals surface area contributed by atoms with E-state index >= 15 is 4.39 Å². The number of aromatic hydroxyl groups is 1. The van der Waals surface area contributed by atoms with Crippen LogP contribution < -0.4 is 5.32 Å². The summed E-state index contributed by atoms with van der Waals surface area (Å²) in [5.41, 5.74) is 5.00. The first kappa shape index (κ1) is 34.0. The summed E-state index contributed by atoms with van der Waals surface area (Å²) in [5, 5.41) is 25.1. The predicted molar refractivity (Wildman–Crippen MR) is 184 cm³/mol. The summed E-state index contributed by atoms with van der Waals surface area (Å²) in [5.74, 6) is 0.264. The number of rotatable bonds is 15. The maximum absolute atomic E-state index is 17.5. The van der Waals surface area contributed by atoms with E-state index in [0.29, 0.717) is 61.1 Å². The Balaban J connectivity index is 2.10. The summed E-state index contributed by atoms with van der Waals surface area (Å²) in [7, 11) is 0. The van der Waals surface area contributed by atoms with Crippen molar-refractivity contribution in [3.05, 3.63) is 82.8 Å². The number of unbranched alkanes of at least 4 members (excludes halogenated alkanes) is 1. The van der Waals surface area contributed by atoms with Crippen LogP contribution in [0, 0.1) is 28.5 Å². The van der Waals surface area contributed by atoms with Gasteiger partial charge < -0.3 is 10.4 Å². The summed E-state index contributed by atoms with van der Waals surface area (Å²) in [4.78, 5) is 14.1. The number of hydrogen-bond donors (Lipinski definition) is 2. The first-order valence-corrected chi connectivity index (χ1v) is 16.8. The Morgan fingerprint density at radius 2 is 1.82 bits per heavy atom. The molecule has 4 nitrogen and oxygen atoms in total. The highest BCUT2D eigenvalue weighted by Gasteiger charge is 2.48. The van der Waals surface area contributed by atoms with Crippen LogP contribution in [0.4, 0.5) is 4.39 Å². The van der Waals surface area contributed by atoms with E-state index in [1.54, 1.807) is 12.1 Å². The summed E-state index contributed by atoms with van der Waals surface area (Å²) < 4.78 is 17.5. The van der Waals surface area contributed by atoms with Crippen molar-refractivity contribution in [3.8, 4) is 22.9 Å². The van der Waals surface area contributed by atoms with Crippen LogP contribution in [-0.2, 0) is 17.6 Å². The molecule has 1 aliphatic heterocycles. The summed E-state index contributed by atoms with van der Waals surface area (Å²) in [6.07, 6.45) is 7.45. The number of carbonyl (C=O) groups excluding carboxylic acids is 1. The minimum absolute atomic E-state index is 0.0204. The lowest BCUT2D eigenvalue weighted by molar-refractivity contribution is -0.126. The molecule has 0 fully saturated rings. The van der Waals surface area contributed by atoms with Crippen molar-refractivity contribution in [2.45, 2.75) is 105 Å². The van der Waals surface area contributed by atoms with Gasteiger partial charge in [0, 0.05) is 17.7 Å². The fraction of sp³-hybridized carbons (Fsp3) is 0.450. The molecule has 1 amide bonds. The van der Waals surface area contributed by atoms with Gasteiger partial charge in [0.1, 0.15) is 11.6 Å². The van der Waals surface area contributed by atoms with Gasteiger partial charge in [-0.25, -0.2) is 4.39 Å². The van der Waals surface area contributed by atoms with Crippen LogP contribution in [0.1, 0.15) is 109 Å². The zero-order valence-corrected chi connectivity index (χ0v) is 27.8. The van der Waals surface area contributed by atoms with Crippen LogP contribution in [0.15, 0.2) is 60.3 Å². The van der Waals surface area contributed by atoms with Crippen LogP contribution in [0.25, 0.3) is 27.5 Å². The molecule has 1 aliphatic rings. The molecule has 0 spiro atoms. The van der Waals surface area contributed by atoms with Crippen molar-refractivity contribution in [1.82, 2.24) is 5.32 Å². The number of allylic oxidation sites excluding steroid dienone is 1. The number of carbonyl (C=O) groups is 1. The quantitative estimate of drug-likeness (QED) is 0.169. The highest BCUT2D eigenvalue weighted by Crippen LogP contribution is 2.52. The zero-order chi connectivity index (χ0) is 32.7. The van der Waals surface area contributed by atoms with Gasteiger partial charge in [0.25, 0.3) is 0 Å². The molecule has 3 aromatic rings. The Kier molecular flexibility index (Phi) is 11.3. The third-order valence-electron chi connectivity index (χ3n) is 9.36. The van der Waals surface area contributed by atoms with Gasteiger partial charge in [0.2, 0.25) is 5.91 Å². The lowest BCUT2D eigenvalue weighted by Crippen LogP contribution is -2.34. The molecule has 2 N–H and O–H groups in total. The Morgan fingerprint density at radius 3 is 2.49 bits per heavy atom. The number of fused-ring (bicyclic) bond motifs is 1. The Hall–Kier alpha value is -3.91. The normalized spacial score (nSPS) is 16.4. The molecule has 1 atom stereocenters. The Bertz CT molecular complexity index is 1640. The first-order valence-electron chi connectivity index (χ1n) is 16.8. The minimum atomic E-state index is -0.793. The summed E-state index contributed by atoms with van der Waals surface area (Å²) >= 11 is 0.